The molecule has 3 unspecified atom stereocenters. The lowest BCUT2D eigenvalue weighted by molar-refractivity contribution is -0.143. The molecule has 208 valence electrons. The molecule has 3 saturated heterocycles. The van der Waals surface area contributed by atoms with Crippen LogP contribution in [0.15, 0.2) is 60.7 Å². The molecular weight excluding hydrogens is 510 g/mol. The van der Waals surface area contributed by atoms with Crippen LogP contribution in [-0.4, -0.2) is 56.9 Å². The summed E-state index contributed by atoms with van der Waals surface area (Å²) in [5, 5.41) is 16.7. The van der Waals surface area contributed by atoms with Crippen LogP contribution in [0.1, 0.15) is 56.7 Å². The number of rotatable bonds is 11. The van der Waals surface area contributed by atoms with Crippen LogP contribution in [0.4, 0.5) is 0 Å². The number of nitrogens with one attached hydrogen (secondary N) is 2. The lowest BCUT2D eigenvalue weighted by Crippen LogP contribution is -2.57. The van der Waals surface area contributed by atoms with Gasteiger partial charge in [0.2, 0.25) is 17.7 Å². The summed E-state index contributed by atoms with van der Waals surface area (Å²) < 4.78 is -0.715. The third-order valence-electron chi connectivity index (χ3n) is 8.82. The van der Waals surface area contributed by atoms with Gasteiger partial charge in [-0.25, -0.2) is 0 Å². The summed E-state index contributed by atoms with van der Waals surface area (Å²) in [6.07, 6.45) is 3.71. The van der Waals surface area contributed by atoms with Crippen molar-refractivity contribution in [3.63, 3.8) is 0 Å². The Balaban J connectivity index is 1.49. The van der Waals surface area contributed by atoms with Crippen LogP contribution >= 0.6 is 11.8 Å². The first-order valence-electron chi connectivity index (χ1n) is 14.2. The molecule has 3 heterocycles. The zero-order valence-corrected chi connectivity index (χ0v) is 23.5. The summed E-state index contributed by atoms with van der Waals surface area (Å²) in [4.78, 5) is 43.7. The van der Waals surface area contributed by atoms with Crippen molar-refractivity contribution in [2.24, 2.45) is 17.8 Å². The molecule has 7 nitrogen and oxygen atoms in total. The number of nitrogens with zero attached hydrogens (tertiary/aromatic N) is 1. The third kappa shape index (κ3) is 4.86. The minimum atomic E-state index is -0.758. The molecule has 0 saturated carbocycles. The second-order valence-corrected chi connectivity index (χ2v) is 12.7. The van der Waals surface area contributed by atoms with Crippen LogP contribution in [-0.2, 0) is 20.9 Å². The molecule has 5 rings (SSSR count). The van der Waals surface area contributed by atoms with Crippen molar-refractivity contribution in [3.05, 3.63) is 71.8 Å². The van der Waals surface area contributed by atoms with Crippen LogP contribution < -0.4 is 10.6 Å². The Labute approximate surface area is 235 Å². The topological polar surface area (TPSA) is 98.7 Å². The number of hydrogen-bond donors (Lipinski definition) is 3. The molecule has 7 atom stereocenters. The minimum Gasteiger partial charge on any atom is -0.394 e. The van der Waals surface area contributed by atoms with E-state index in [1.54, 1.807) is 16.7 Å². The fourth-order valence-electron chi connectivity index (χ4n) is 7.01. The largest absolute Gasteiger partial charge is 0.394 e. The number of fused-ring (bicyclic) bond motifs is 1. The number of thioether (sulfide) groups is 1. The number of unbranched alkanes of at least 4 members (excludes halogenated alkanes) is 2. The number of aliphatic hydroxyl groups excluding tert-OH is 1. The molecule has 0 aliphatic carbocycles. The van der Waals surface area contributed by atoms with Gasteiger partial charge in [-0.05, 0) is 29.9 Å². The number of amides is 3. The Hall–Kier alpha value is -2.84. The number of benzene rings is 2. The average molecular weight is 550 g/mol. The van der Waals surface area contributed by atoms with E-state index in [0.717, 1.165) is 36.8 Å². The van der Waals surface area contributed by atoms with E-state index in [1.807, 2.05) is 60.7 Å². The average Bonchev–Trinajstić information content (AvgIpc) is 3.55. The van der Waals surface area contributed by atoms with E-state index in [0.29, 0.717) is 13.1 Å². The van der Waals surface area contributed by atoms with Gasteiger partial charge in [-0.3, -0.25) is 14.4 Å². The van der Waals surface area contributed by atoms with Crippen LogP contribution in [0.25, 0.3) is 0 Å². The van der Waals surface area contributed by atoms with Gasteiger partial charge in [0, 0.05) is 18.3 Å². The van der Waals surface area contributed by atoms with Gasteiger partial charge in [-0.2, -0.15) is 0 Å². The quantitative estimate of drug-likeness (QED) is 0.372. The van der Waals surface area contributed by atoms with Crippen molar-refractivity contribution >= 4 is 29.5 Å². The van der Waals surface area contributed by atoms with E-state index < -0.39 is 28.7 Å². The maximum atomic E-state index is 14.4. The normalized spacial score (nSPS) is 29.8. The van der Waals surface area contributed by atoms with Crippen molar-refractivity contribution in [2.45, 2.75) is 68.2 Å². The predicted octanol–water partition coefficient (Wildman–Crippen LogP) is 3.68. The number of carbonyl (C=O) groups excluding carboxylic acids is 3. The van der Waals surface area contributed by atoms with Crippen LogP contribution in [0.5, 0.6) is 0 Å². The minimum absolute atomic E-state index is 0.0217. The van der Waals surface area contributed by atoms with Gasteiger partial charge in [0.1, 0.15) is 6.04 Å². The summed E-state index contributed by atoms with van der Waals surface area (Å²) in [7, 11) is 0. The Morgan fingerprint density at radius 3 is 2.41 bits per heavy atom. The molecule has 3 aliphatic rings. The van der Waals surface area contributed by atoms with Gasteiger partial charge in [-0.1, -0.05) is 87.4 Å². The summed E-state index contributed by atoms with van der Waals surface area (Å²) in [6, 6.07) is 17.7. The van der Waals surface area contributed by atoms with Gasteiger partial charge in [0.25, 0.3) is 0 Å². The molecule has 3 N–H and O–H groups in total. The molecule has 0 radical (unpaired) electrons. The molecule has 2 aromatic carbocycles. The Morgan fingerprint density at radius 1 is 1.05 bits per heavy atom. The molecule has 3 aliphatic heterocycles. The SMILES string of the molecule is CCCCCNC(=O)C1N([C@H](CO)c2ccccc2)C(=O)[C@@H]2[C@H](C(=O)NCc3ccccc3)[C@@H]3CC(C)C12S3. The molecule has 3 fully saturated rings. The first-order valence-corrected chi connectivity index (χ1v) is 15.1. The Kier molecular flexibility index (Phi) is 8.33. The number of carbonyl (C=O) groups is 3. The van der Waals surface area contributed by atoms with E-state index in [4.69, 9.17) is 0 Å². The van der Waals surface area contributed by atoms with Crippen LogP contribution in [0, 0.1) is 17.8 Å². The summed E-state index contributed by atoms with van der Waals surface area (Å²) in [5.74, 6) is -1.57. The van der Waals surface area contributed by atoms with Gasteiger partial charge in [-0.15, -0.1) is 11.8 Å². The van der Waals surface area contributed by atoms with Gasteiger partial charge in [0.05, 0.1) is 29.2 Å². The van der Waals surface area contributed by atoms with Gasteiger partial charge < -0.3 is 20.6 Å². The third-order valence-corrected chi connectivity index (χ3v) is 10.9. The highest BCUT2D eigenvalue weighted by atomic mass is 32.2. The van der Waals surface area contributed by atoms with Gasteiger partial charge in [0.15, 0.2) is 0 Å². The highest BCUT2D eigenvalue weighted by molar-refractivity contribution is 8.02. The monoisotopic (exact) mass is 549 g/mol. The summed E-state index contributed by atoms with van der Waals surface area (Å²) in [6.45, 7) is 4.87. The smallest absolute Gasteiger partial charge is 0.244 e. The number of hydrogen-bond acceptors (Lipinski definition) is 5. The lowest BCUT2D eigenvalue weighted by Gasteiger charge is -2.40. The molecule has 3 amide bonds. The molecular formula is C31H39N3O4S. The Bertz CT molecular complexity index is 1180. The van der Waals surface area contributed by atoms with Crippen LogP contribution in [0.3, 0.4) is 0 Å². The van der Waals surface area contributed by atoms with Gasteiger partial charge >= 0.3 is 0 Å². The Morgan fingerprint density at radius 2 is 1.74 bits per heavy atom. The second kappa shape index (κ2) is 11.7. The molecule has 1 spiro atoms. The number of aliphatic hydroxyl groups is 1. The van der Waals surface area contributed by atoms with Crippen LogP contribution in [0.2, 0.25) is 0 Å². The molecule has 0 aromatic heterocycles. The fourth-order valence-corrected chi connectivity index (χ4v) is 9.42. The standard InChI is InChI=1S/C31H39N3O4S/c1-3-4-11-16-32-29(37)27-31-20(2)17-24(39-31)25(28(36)33-18-21-12-7-5-8-13-21)26(31)30(38)34(27)23(19-35)22-14-9-6-10-15-22/h5-10,12-15,20,23-27,35H,3-4,11,16-19H2,1-2H3,(H,32,37)(H,33,36)/t20?,23-,24+,25-,26+,27?,31?/m1/s1. The molecule has 2 bridgehead atoms. The first kappa shape index (κ1) is 27.7. The van der Waals surface area contributed by atoms with Crippen molar-refractivity contribution in [1.29, 1.82) is 0 Å². The first-order chi connectivity index (χ1) is 18.9. The zero-order valence-electron chi connectivity index (χ0n) is 22.7. The summed E-state index contributed by atoms with van der Waals surface area (Å²) >= 11 is 1.66. The fraction of sp³-hybridized carbons (Fsp3) is 0.516. The zero-order chi connectivity index (χ0) is 27.6. The second-order valence-electron chi connectivity index (χ2n) is 11.1. The van der Waals surface area contributed by atoms with Crippen molar-refractivity contribution in [1.82, 2.24) is 15.5 Å². The van der Waals surface area contributed by atoms with E-state index in [-0.39, 0.29) is 35.5 Å². The van der Waals surface area contributed by atoms with E-state index >= 15 is 0 Å². The van der Waals surface area contributed by atoms with E-state index in [9.17, 15) is 19.5 Å². The number of likely N-dealkylation sites (tertiary alicyclic amines) is 1. The van der Waals surface area contributed by atoms with E-state index in [2.05, 4.69) is 24.5 Å². The van der Waals surface area contributed by atoms with E-state index in [1.165, 1.54) is 0 Å². The maximum absolute atomic E-state index is 14.4. The van der Waals surface area contributed by atoms with Crippen molar-refractivity contribution in [2.75, 3.05) is 13.2 Å². The highest BCUT2D eigenvalue weighted by Crippen LogP contribution is 2.69. The molecule has 8 heteroatoms. The molecule has 39 heavy (non-hydrogen) atoms. The van der Waals surface area contributed by atoms with Crippen molar-refractivity contribution < 1.29 is 19.5 Å². The highest BCUT2D eigenvalue weighted by Gasteiger charge is 2.76. The summed E-state index contributed by atoms with van der Waals surface area (Å²) in [5.41, 5.74) is 1.78. The molecule has 2 aromatic rings. The predicted molar refractivity (Wildman–Crippen MR) is 153 cm³/mol. The lowest BCUT2D eigenvalue weighted by atomic mass is 9.66. The van der Waals surface area contributed by atoms with Crippen molar-refractivity contribution in [3.8, 4) is 0 Å². The maximum Gasteiger partial charge on any atom is 0.244 e.